The van der Waals surface area contributed by atoms with Crippen molar-refractivity contribution in [1.29, 1.82) is 0 Å². The molecule has 2 aliphatic carbocycles. The number of hydrogen-bond donors (Lipinski definition) is 0. The molecule has 3 rings (SSSR count). The van der Waals surface area contributed by atoms with Crippen molar-refractivity contribution in [2.75, 3.05) is 0 Å². The lowest BCUT2D eigenvalue weighted by Crippen LogP contribution is -2.25. The summed E-state index contributed by atoms with van der Waals surface area (Å²) < 4.78 is 40.6. The van der Waals surface area contributed by atoms with E-state index in [0.717, 1.165) is 35.7 Å². The number of alkyl halides is 3. The Labute approximate surface area is 192 Å². The van der Waals surface area contributed by atoms with E-state index in [1.807, 2.05) is 6.08 Å². The summed E-state index contributed by atoms with van der Waals surface area (Å²) in [6, 6.07) is 6.07. The Bertz CT molecular complexity index is 663. The van der Waals surface area contributed by atoms with E-state index in [1.165, 1.54) is 95.6 Å². The van der Waals surface area contributed by atoms with Gasteiger partial charge in [0.05, 0.1) is 0 Å². The van der Waals surface area contributed by atoms with Crippen LogP contribution in [0.2, 0.25) is 0 Å². The van der Waals surface area contributed by atoms with Crippen molar-refractivity contribution in [2.45, 2.75) is 103 Å². The van der Waals surface area contributed by atoms with Crippen LogP contribution in [0.4, 0.5) is 13.2 Å². The fourth-order valence-electron chi connectivity index (χ4n) is 5.91. The van der Waals surface area contributed by atoms with Gasteiger partial charge in [0.1, 0.15) is 5.75 Å². The Morgan fingerprint density at radius 2 is 1.38 bits per heavy atom. The first-order valence-corrected chi connectivity index (χ1v) is 12.9. The zero-order chi connectivity index (χ0) is 22.8. The molecule has 32 heavy (non-hydrogen) atoms. The largest absolute Gasteiger partial charge is 0.573 e. The van der Waals surface area contributed by atoms with Crippen LogP contribution < -0.4 is 4.74 Å². The van der Waals surface area contributed by atoms with E-state index >= 15 is 0 Å². The molecule has 0 amide bonds. The molecule has 0 saturated heterocycles. The first-order chi connectivity index (χ1) is 15.4. The van der Waals surface area contributed by atoms with Crippen molar-refractivity contribution >= 4 is 6.08 Å². The molecule has 0 aromatic heterocycles. The van der Waals surface area contributed by atoms with Gasteiger partial charge in [-0.3, -0.25) is 0 Å². The molecule has 2 aliphatic rings. The summed E-state index contributed by atoms with van der Waals surface area (Å²) in [7, 11) is 0. The Hall–Kier alpha value is -1.45. The average molecular weight is 451 g/mol. The molecule has 2 saturated carbocycles. The second-order valence-corrected chi connectivity index (χ2v) is 10.2. The molecule has 2 fully saturated rings. The molecule has 0 atom stereocenters. The zero-order valence-electron chi connectivity index (χ0n) is 19.7. The van der Waals surface area contributed by atoms with Gasteiger partial charge in [-0.05, 0) is 79.9 Å². The minimum atomic E-state index is -4.63. The maximum atomic E-state index is 12.2. The highest BCUT2D eigenvalue weighted by molar-refractivity contribution is 5.50. The average Bonchev–Trinajstić information content (AvgIpc) is 2.78. The fraction of sp³-hybridized carbons (Fsp3) is 0.714. The molecule has 1 nitrogen and oxygen atoms in total. The van der Waals surface area contributed by atoms with Crippen molar-refractivity contribution in [1.82, 2.24) is 0 Å². The van der Waals surface area contributed by atoms with Crippen molar-refractivity contribution in [3.05, 3.63) is 35.9 Å². The van der Waals surface area contributed by atoms with E-state index in [0.29, 0.717) is 0 Å². The van der Waals surface area contributed by atoms with Crippen LogP contribution >= 0.6 is 0 Å². The van der Waals surface area contributed by atoms with Crippen molar-refractivity contribution in [2.24, 2.45) is 23.7 Å². The number of unbranched alkanes of at least 4 members (excludes halogenated alkanes) is 2. The molecular formula is C28H41F3O. The third-order valence-corrected chi connectivity index (χ3v) is 7.83. The minimum absolute atomic E-state index is 0.170. The Kier molecular flexibility index (Phi) is 9.99. The molecule has 1 aromatic carbocycles. The third kappa shape index (κ3) is 8.83. The van der Waals surface area contributed by atoms with Gasteiger partial charge in [-0.1, -0.05) is 82.6 Å². The van der Waals surface area contributed by atoms with Gasteiger partial charge >= 0.3 is 6.36 Å². The standard InChI is InChI=1S/C28H41F3O/c1-2-3-4-7-22-10-16-25(17-11-22)26-18-12-23(13-19-26)8-5-6-9-24-14-20-27(21-15-24)32-28(29,30)31/h6,9,14-15,20-23,25-26H,2-5,7-8,10-13,16-19H2,1H3. The summed E-state index contributed by atoms with van der Waals surface area (Å²) >= 11 is 0. The van der Waals surface area contributed by atoms with E-state index in [-0.39, 0.29) is 5.75 Å². The molecular weight excluding hydrogens is 409 g/mol. The van der Waals surface area contributed by atoms with Gasteiger partial charge in [0.25, 0.3) is 0 Å². The van der Waals surface area contributed by atoms with E-state index in [1.54, 1.807) is 12.1 Å². The van der Waals surface area contributed by atoms with Gasteiger partial charge in [0.15, 0.2) is 0 Å². The Morgan fingerprint density at radius 3 is 1.91 bits per heavy atom. The molecule has 0 unspecified atom stereocenters. The fourth-order valence-corrected chi connectivity index (χ4v) is 5.91. The highest BCUT2D eigenvalue weighted by Crippen LogP contribution is 2.43. The number of benzene rings is 1. The van der Waals surface area contributed by atoms with Gasteiger partial charge in [-0.25, -0.2) is 0 Å². The summed E-state index contributed by atoms with van der Waals surface area (Å²) in [6.07, 6.45) is 18.9. The predicted octanol–water partition coefficient (Wildman–Crippen LogP) is 9.57. The number of hydrogen-bond acceptors (Lipinski definition) is 1. The molecule has 0 aliphatic heterocycles. The van der Waals surface area contributed by atoms with Crippen LogP contribution in [-0.4, -0.2) is 6.36 Å². The number of allylic oxidation sites excluding steroid dienone is 1. The SMILES string of the molecule is CCCCCC1CCC(C2CCC(CCC=Cc3ccc(OC(F)(F)F)cc3)CC2)CC1. The van der Waals surface area contributed by atoms with Crippen LogP contribution in [-0.2, 0) is 0 Å². The number of ether oxygens (including phenoxy) is 1. The second kappa shape index (κ2) is 12.7. The quantitative estimate of drug-likeness (QED) is 0.322. The highest BCUT2D eigenvalue weighted by Gasteiger charge is 2.31. The van der Waals surface area contributed by atoms with Crippen LogP contribution in [0.5, 0.6) is 5.75 Å². The molecule has 0 spiro atoms. The van der Waals surface area contributed by atoms with Crippen LogP contribution in [0.3, 0.4) is 0 Å². The maximum absolute atomic E-state index is 12.2. The lowest BCUT2D eigenvalue weighted by molar-refractivity contribution is -0.274. The predicted molar refractivity (Wildman–Crippen MR) is 126 cm³/mol. The molecule has 1 aromatic rings. The van der Waals surface area contributed by atoms with E-state index in [9.17, 15) is 13.2 Å². The van der Waals surface area contributed by atoms with E-state index in [2.05, 4.69) is 17.7 Å². The van der Waals surface area contributed by atoms with Crippen LogP contribution in [0.1, 0.15) is 102 Å². The summed E-state index contributed by atoms with van der Waals surface area (Å²) in [5.41, 5.74) is 0.911. The number of halogens is 3. The van der Waals surface area contributed by atoms with Gasteiger partial charge < -0.3 is 4.74 Å². The van der Waals surface area contributed by atoms with Gasteiger partial charge in [-0.2, -0.15) is 0 Å². The van der Waals surface area contributed by atoms with Crippen LogP contribution in [0, 0.1) is 23.7 Å². The minimum Gasteiger partial charge on any atom is -0.406 e. The van der Waals surface area contributed by atoms with Crippen molar-refractivity contribution < 1.29 is 17.9 Å². The van der Waals surface area contributed by atoms with Crippen LogP contribution in [0.25, 0.3) is 6.08 Å². The Morgan fingerprint density at radius 1 is 0.812 bits per heavy atom. The first kappa shape index (κ1) is 25.2. The molecule has 4 heteroatoms. The lowest BCUT2D eigenvalue weighted by Gasteiger charge is -2.38. The molecule has 0 N–H and O–H groups in total. The monoisotopic (exact) mass is 450 g/mol. The zero-order valence-corrected chi connectivity index (χ0v) is 19.7. The molecule has 0 heterocycles. The third-order valence-electron chi connectivity index (χ3n) is 7.83. The second-order valence-electron chi connectivity index (χ2n) is 10.2. The van der Waals surface area contributed by atoms with E-state index < -0.39 is 6.36 Å². The molecule has 0 radical (unpaired) electrons. The summed E-state index contributed by atoms with van der Waals surface area (Å²) in [5.74, 6) is 3.63. The highest BCUT2D eigenvalue weighted by atomic mass is 19.4. The topological polar surface area (TPSA) is 9.23 Å². The smallest absolute Gasteiger partial charge is 0.406 e. The summed E-state index contributed by atoms with van der Waals surface area (Å²) in [4.78, 5) is 0. The number of rotatable bonds is 10. The van der Waals surface area contributed by atoms with E-state index in [4.69, 9.17) is 0 Å². The van der Waals surface area contributed by atoms with Crippen molar-refractivity contribution in [3.8, 4) is 5.75 Å². The summed E-state index contributed by atoms with van der Waals surface area (Å²) in [5, 5.41) is 0. The Balaban J connectivity index is 1.29. The summed E-state index contributed by atoms with van der Waals surface area (Å²) in [6.45, 7) is 2.29. The van der Waals surface area contributed by atoms with Gasteiger partial charge in [-0.15, -0.1) is 13.2 Å². The van der Waals surface area contributed by atoms with Crippen LogP contribution in [0.15, 0.2) is 30.3 Å². The molecule has 0 bridgehead atoms. The lowest BCUT2D eigenvalue weighted by atomic mass is 9.68. The molecule has 180 valence electrons. The van der Waals surface area contributed by atoms with Gasteiger partial charge in [0.2, 0.25) is 0 Å². The van der Waals surface area contributed by atoms with Gasteiger partial charge in [0, 0.05) is 0 Å². The first-order valence-electron chi connectivity index (χ1n) is 12.9. The maximum Gasteiger partial charge on any atom is 0.573 e. The van der Waals surface area contributed by atoms with Crippen molar-refractivity contribution in [3.63, 3.8) is 0 Å². The normalized spacial score (nSPS) is 27.0.